The second-order valence-corrected chi connectivity index (χ2v) is 13.6. The van der Waals surface area contributed by atoms with Gasteiger partial charge in [-0.15, -0.1) is 0 Å². The first-order chi connectivity index (χ1) is 24.2. The van der Waals surface area contributed by atoms with Crippen LogP contribution in [0.5, 0.6) is 11.5 Å². The molecule has 2 aliphatic rings. The van der Waals surface area contributed by atoms with Gasteiger partial charge in [-0.3, -0.25) is 14.6 Å². The second kappa shape index (κ2) is 16.0. The number of carbonyl (C=O) groups is 2. The molecule has 50 heavy (non-hydrogen) atoms. The molecule has 1 aliphatic carbocycles. The van der Waals surface area contributed by atoms with Gasteiger partial charge in [0.1, 0.15) is 30.0 Å². The van der Waals surface area contributed by atoms with Crippen molar-refractivity contribution in [1.29, 1.82) is 0 Å². The van der Waals surface area contributed by atoms with Crippen molar-refractivity contribution in [1.82, 2.24) is 15.6 Å². The number of fused-ring (bicyclic) bond motifs is 4. The molecule has 0 saturated carbocycles. The highest BCUT2D eigenvalue weighted by Crippen LogP contribution is 2.43. The van der Waals surface area contributed by atoms with Crippen molar-refractivity contribution in [2.45, 2.75) is 83.9 Å². The van der Waals surface area contributed by atoms with E-state index in [0.29, 0.717) is 72.0 Å². The Labute approximate surface area is 297 Å². The molecule has 4 aromatic rings. The van der Waals surface area contributed by atoms with Crippen molar-refractivity contribution < 1.29 is 28.6 Å². The van der Waals surface area contributed by atoms with Gasteiger partial charge < -0.3 is 25.2 Å². The summed E-state index contributed by atoms with van der Waals surface area (Å²) in [6.45, 7) is 5.19. The first-order valence-electron chi connectivity index (χ1n) is 17.4. The molecule has 10 heteroatoms. The highest BCUT2D eigenvalue weighted by Gasteiger charge is 2.28. The number of halogens is 2. The number of nitrogens with zero attached hydrogens (tertiary/aromatic N) is 1. The normalized spacial score (nSPS) is 18.0. The van der Waals surface area contributed by atoms with Gasteiger partial charge in [0.15, 0.2) is 0 Å². The number of benzene rings is 3. The van der Waals surface area contributed by atoms with Crippen LogP contribution in [0.3, 0.4) is 0 Å². The van der Waals surface area contributed by atoms with E-state index >= 15 is 4.39 Å². The highest BCUT2D eigenvalue weighted by molar-refractivity contribution is 6.31. The first-order valence-corrected chi connectivity index (χ1v) is 17.8. The molecule has 1 amide bonds. The lowest BCUT2D eigenvalue weighted by molar-refractivity contribution is -0.139. The smallest absolute Gasteiger partial charge is 0.320 e. The minimum absolute atomic E-state index is 0.160. The molecule has 2 heterocycles. The number of carboxylic acids is 1. The van der Waals surface area contributed by atoms with E-state index in [1.807, 2.05) is 43.3 Å². The molecule has 6 rings (SSSR count). The fraction of sp³-hybridized carbons (Fsp3) is 0.375. The molecule has 0 fully saturated rings. The van der Waals surface area contributed by atoms with E-state index in [4.69, 9.17) is 21.1 Å². The molecule has 2 bridgehead atoms. The van der Waals surface area contributed by atoms with E-state index in [0.717, 1.165) is 47.1 Å². The van der Waals surface area contributed by atoms with Crippen LogP contribution in [0, 0.1) is 12.7 Å². The lowest BCUT2D eigenvalue weighted by Crippen LogP contribution is -2.36. The standard InChI is InChI=1S/C40H43ClFN3O5/c1-3-15-49-36-13-12-33(38(42)24(36)2)31-8-6-7-30-26(10-11-32(30)31)17-27-19-37-28(18-34(27)41)22-45-35(40(47)48)9-4-5-14-44-39(46)29-16-25(23-50-37)20-43-21-29/h6-8,12-13,16,18-21,26,35,45H,3-5,9-11,14-15,17,22-23H2,1-2H3,(H,44,46)(H,47,48)/t26-,35?/m1/s1. The van der Waals surface area contributed by atoms with Gasteiger partial charge in [0.2, 0.25) is 0 Å². The minimum Gasteiger partial charge on any atom is -0.493 e. The molecule has 1 aromatic heterocycles. The SMILES string of the molecule is CCCOc1ccc(-c2cccc3c2CC[C@@H]3Cc2cc3c(cc2Cl)CNC(C(=O)O)CCCCNC(=O)c2cncc(c2)CO3)c(F)c1C. The fourth-order valence-corrected chi connectivity index (χ4v) is 7.22. The molecule has 2 atom stereocenters. The first kappa shape index (κ1) is 35.4. The summed E-state index contributed by atoms with van der Waals surface area (Å²) in [5.74, 6) is -0.101. The van der Waals surface area contributed by atoms with E-state index < -0.39 is 12.0 Å². The molecule has 0 spiro atoms. The Morgan fingerprint density at radius 3 is 2.80 bits per heavy atom. The topological polar surface area (TPSA) is 110 Å². The third kappa shape index (κ3) is 7.95. The van der Waals surface area contributed by atoms with E-state index in [1.165, 1.54) is 11.8 Å². The molecule has 1 aliphatic heterocycles. The summed E-state index contributed by atoms with van der Waals surface area (Å²) in [6, 6.07) is 14.6. The van der Waals surface area contributed by atoms with Gasteiger partial charge >= 0.3 is 5.97 Å². The number of carboxylic acid groups (broad SMARTS) is 1. The quantitative estimate of drug-likeness (QED) is 0.180. The number of pyridine rings is 1. The largest absolute Gasteiger partial charge is 0.493 e. The number of amides is 1. The zero-order valence-electron chi connectivity index (χ0n) is 28.5. The van der Waals surface area contributed by atoms with Crippen LogP contribution in [-0.2, 0) is 30.8 Å². The monoisotopic (exact) mass is 699 g/mol. The summed E-state index contributed by atoms with van der Waals surface area (Å²) in [4.78, 5) is 29.0. The van der Waals surface area contributed by atoms with Crippen molar-refractivity contribution in [3.05, 3.63) is 111 Å². The summed E-state index contributed by atoms with van der Waals surface area (Å²) in [6.07, 6.45) is 8.09. The fourth-order valence-electron chi connectivity index (χ4n) is 6.95. The molecule has 0 radical (unpaired) electrons. The summed E-state index contributed by atoms with van der Waals surface area (Å²) >= 11 is 6.95. The third-order valence-electron chi connectivity index (χ3n) is 9.67. The summed E-state index contributed by atoms with van der Waals surface area (Å²) in [5, 5.41) is 16.5. The van der Waals surface area contributed by atoms with Crippen LogP contribution < -0.4 is 20.1 Å². The number of aromatic nitrogens is 1. The average Bonchev–Trinajstić information content (AvgIpc) is 3.52. The predicted octanol–water partition coefficient (Wildman–Crippen LogP) is 7.95. The maximum atomic E-state index is 15.7. The molecule has 0 saturated heterocycles. The van der Waals surface area contributed by atoms with Crippen LogP contribution in [0.2, 0.25) is 5.02 Å². The van der Waals surface area contributed by atoms with Gasteiger partial charge in [-0.05, 0) is 110 Å². The van der Waals surface area contributed by atoms with Crippen molar-refractivity contribution in [3.8, 4) is 22.6 Å². The van der Waals surface area contributed by atoms with Crippen LogP contribution in [0.15, 0.2) is 60.9 Å². The van der Waals surface area contributed by atoms with Crippen LogP contribution in [0.1, 0.15) is 88.7 Å². The third-order valence-corrected chi connectivity index (χ3v) is 10.0. The number of nitrogens with one attached hydrogen (secondary N) is 2. The zero-order chi connectivity index (χ0) is 35.2. The lowest BCUT2D eigenvalue weighted by atomic mass is 9.90. The van der Waals surface area contributed by atoms with Crippen molar-refractivity contribution in [3.63, 3.8) is 0 Å². The zero-order valence-corrected chi connectivity index (χ0v) is 29.2. The van der Waals surface area contributed by atoms with E-state index in [2.05, 4.69) is 21.7 Å². The summed E-state index contributed by atoms with van der Waals surface area (Å²) in [7, 11) is 0. The molecule has 1 unspecified atom stereocenters. The van der Waals surface area contributed by atoms with Gasteiger partial charge in [-0.1, -0.05) is 36.7 Å². The Morgan fingerprint density at radius 2 is 1.98 bits per heavy atom. The van der Waals surface area contributed by atoms with Crippen LogP contribution >= 0.6 is 11.6 Å². The summed E-state index contributed by atoms with van der Waals surface area (Å²) < 4.78 is 27.8. The molecule has 262 valence electrons. The minimum atomic E-state index is -0.934. The Balaban J connectivity index is 1.29. The van der Waals surface area contributed by atoms with Crippen LogP contribution in [-0.4, -0.2) is 41.2 Å². The van der Waals surface area contributed by atoms with Crippen LogP contribution in [0.25, 0.3) is 11.1 Å². The predicted molar refractivity (Wildman–Crippen MR) is 192 cm³/mol. The number of aliphatic carboxylic acids is 1. The molecular weight excluding hydrogens is 657 g/mol. The van der Waals surface area contributed by atoms with Crippen molar-refractivity contribution >= 4 is 23.5 Å². The summed E-state index contributed by atoms with van der Waals surface area (Å²) in [5.41, 5.74) is 7.15. The number of hydrogen-bond donors (Lipinski definition) is 3. The van der Waals surface area contributed by atoms with E-state index in [-0.39, 0.29) is 30.8 Å². The number of ether oxygens (including phenoxy) is 2. The molecule has 3 aromatic carbocycles. The van der Waals surface area contributed by atoms with E-state index in [9.17, 15) is 14.7 Å². The van der Waals surface area contributed by atoms with Gasteiger partial charge in [-0.25, -0.2) is 4.39 Å². The van der Waals surface area contributed by atoms with E-state index in [1.54, 1.807) is 19.2 Å². The Kier molecular flexibility index (Phi) is 11.3. The maximum absolute atomic E-state index is 15.7. The Hall–Kier alpha value is -4.47. The van der Waals surface area contributed by atoms with Gasteiger partial charge in [0, 0.05) is 52.8 Å². The molecule has 8 nitrogen and oxygen atoms in total. The Bertz CT molecular complexity index is 1880. The van der Waals surface area contributed by atoms with Gasteiger partial charge in [0.05, 0.1) is 12.2 Å². The van der Waals surface area contributed by atoms with Crippen molar-refractivity contribution in [2.75, 3.05) is 13.2 Å². The molecule has 3 N–H and O–H groups in total. The van der Waals surface area contributed by atoms with Gasteiger partial charge in [0.25, 0.3) is 5.91 Å². The second-order valence-electron chi connectivity index (χ2n) is 13.2. The highest BCUT2D eigenvalue weighted by atomic mass is 35.5. The van der Waals surface area contributed by atoms with Gasteiger partial charge in [-0.2, -0.15) is 0 Å². The lowest BCUT2D eigenvalue weighted by Gasteiger charge is -2.20. The van der Waals surface area contributed by atoms with Crippen molar-refractivity contribution in [2.24, 2.45) is 0 Å². The van der Waals surface area contributed by atoms with Crippen LogP contribution in [0.4, 0.5) is 4.39 Å². The molecular formula is C40H43ClFN3O5. The number of hydrogen-bond acceptors (Lipinski definition) is 6. The maximum Gasteiger partial charge on any atom is 0.320 e. The number of rotatable bonds is 7. The Morgan fingerprint density at radius 1 is 1.12 bits per heavy atom. The number of carbonyl (C=O) groups excluding carboxylic acids is 1. The average molecular weight is 700 g/mol.